The molecule has 4 heteroatoms. The fourth-order valence-corrected chi connectivity index (χ4v) is 4.13. The molecule has 0 N–H and O–H groups in total. The molecule has 102 valence electrons. The van der Waals surface area contributed by atoms with E-state index >= 15 is 0 Å². The third kappa shape index (κ3) is 2.34. The molecule has 0 atom stereocenters. The van der Waals surface area contributed by atoms with E-state index in [0.717, 1.165) is 6.42 Å². The smallest absolute Gasteiger partial charge is 0.0840 e. The number of benzene rings is 1. The number of fused-ring (bicyclic) bond motifs is 1. The second-order valence-electron chi connectivity index (χ2n) is 4.52. The Balaban J connectivity index is 2.18. The van der Waals surface area contributed by atoms with Crippen LogP contribution >= 0.6 is 23.5 Å². The minimum Gasteiger partial charge on any atom is -0.307 e. The number of thioether (sulfide) groups is 2. The number of nitrogens with zero attached hydrogens (tertiary/aromatic N) is 2. The number of hydrogen-bond donors (Lipinski definition) is 0. The third-order valence-electron chi connectivity index (χ3n) is 3.36. The van der Waals surface area contributed by atoms with Crippen LogP contribution in [0.15, 0.2) is 58.8 Å². The molecule has 3 aromatic rings. The second-order valence-corrected chi connectivity index (χ2v) is 6.13. The van der Waals surface area contributed by atoms with Gasteiger partial charge in [-0.3, -0.25) is 4.98 Å². The van der Waals surface area contributed by atoms with Crippen LogP contribution in [0.3, 0.4) is 0 Å². The van der Waals surface area contributed by atoms with Crippen LogP contribution in [-0.2, 0) is 6.42 Å². The Kier molecular flexibility index (Phi) is 4.03. The zero-order chi connectivity index (χ0) is 13.9. The van der Waals surface area contributed by atoms with E-state index < -0.39 is 0 Å². The zero-order valence-corrected chi connectivity index (χ0v) is 13.2. The quantitative estimate of drug-likeness (QED) is 0.666. The predicted molar refractivity (Wildman–Crippen MR) is 88.0 cm³/mol. The maximum absolute atomic E-state index is 4.27. The van der Waals surface area contributed by atoms with Gasteiger partial charge in [0.1, 0.15) is 0 Å². The Morgan fingerprint density at radius 3 is 2.60 bits per heavy atom. The van der Waals surface area contributed by atoms with Crippen LogP contribution < -0.4 is 0 Å². The second kappa shape index (κ2) is 5.94. The molecular weight excluding hydrogens is 284 g/mol. The standard InChI is InChI=1S/C16H16N2S2/c1-19-15-13(10-12-6-4-3-5-7-12)16(20-2)18-9-8-17-11-14(15)18/h3-9,11H,10H2,1-2H3. The molecule has 0 saturated carbocycles. The van der Waals surface area contributed by atoms with Crippen molar-refractivity contribution in [2.24, 2.45) is 0 Å². The van der Waals surface area contributed by atoms with Gasteiger partial charge in [-0.15, -0.1) is 23.5 Å². The van der Waals surface area contributed by atoms with E-state index in [0.29, 0.717) is 0 Å². The molecule has 3 rings (SSSR count). The van der Waals surface area contributed by atoms with Gasteiger partial charge in [0.2, 0.25) is 0 Å². The number of aromatic nitrogens is 2. The maximum atomic E-state index is 4.27. The van der Waals surface area contributed by atoms with Crippen LogP contribution in [-0.4, -0.2) is 21.9 Å². The summed E-state index contributed by atoms with van der Waals surface area (Å²) in [7, 11) is 0. The van der Waals surface area contributed by atoms with Crippen molar-refractivity contribution in [2.45, 2.75) is 16.3 Å². The molecule has 2 nitrogen and oxygen atoms in total. The molecular formula is C16H16N2S2. The minimum absolute atomic E-state index is 0.967. The van der Waals surface area contributed by atoms with Gasteiger partial charge >= 0.3 is 0 Å². The Bertz CT molecular complexity index is 679. The van der Waals surface area contributed by atoms with Crippen molar-refractivity contribution < 1.29 is 0 Å². The SMILES string of the molecule is CSc1c(Cc2ccccc2)c(SC)n2ccncc12. The van der Waals surface area contributed by atoms with Crippen LogP contribution in [0.25, 0.3) is 5.52 Å². The van der Waals surface area contributed by atoms with Crippen molar-refractivity contribution in [1.29, 1.82) is 0 Å². The van der Waals surface area contributed by atoms with E-state index in [9.17, 15) is 0 Å². The maximum Gasteiger partial charge on any atom is 0.0840 e. The van der Waals surface area contributed by atoms with Crippen LogP contribution in [0.2, 0.25) is 0 Å². The Hall–Kier alpha value is -1.39. The molecule has 2 heterocycles. The molecule has 0 amide bonds. The molecule has 1 aromatic carbocycles. The molecule has 0 aliphatic carbocycles. The van der Waals surface area contributed by atoms with Gasteiger partial charge in [0.15, 0.2) is 0 Å². The highest BCUT2D eigenvalue weighted by molar-refractivity contribution is 7.99. The first-order chi connectivity index (χ1) is 9.85. The summed E-state index contributed by atoms with van der Waals surface area (Å²) in [5.74, 6) is 0. The average Bonchev–Trinajstić information content (AvgIpc) is 2.80. The summed E-state index contributed by atoms with van der Waals surface area (Å²) >= 11 is 3.61. The van der Waals surface area contributed by atoms with Crippen molar-refractivity contribution in [3.63, 3.8) is 0 Å². The van der Waals surface area contributed by atoms with Gasteiger partial charge in [-0.1, -0.05) is 30.3 Å². The monoisotopic (exact) mass is 300 g/mol. The van der Waals surface area contributed by atoms with Gasteiger partial charge in [-0.05, 0) is 18.1 Å². The van der Waals surface area contributed by atoms with Gasteiger partial charge in [0.25, 0.3) is 0 Å². The van der Waals surface area contributed by atoms with Gasteiger partial charge in [-0.2, -0.15) is 0 Å². The van der Waals surface area contributed by atoms with Gasteiger partial charge in [0, 0.05) is 29.3 Å². The Morgan fingerprint density at radius 1 is 1.10 bits per heavy atom. The number of rotatable bonds is 4. The van der Waals surface area contributed by atoms with Gasteiger partial charge < -0.3 is 4.40 Å². The first-order valence-electron chi connectivity index (χ1n) is 6.44. The summed E-state index contributed by atoms with van der Waals surface area (Å²) in [5, 5.41) is 1.32. The van der Waals surface area contributed by atoms with Crippen molar-refractivity contribution in [3.8, 4) is 0 Å². The lowest BCUT2D eigenvalue weighted by molar-refractivity contribution is 0.981. The third-order valence-corrected chi connectivity index (χ3v) is 5.06. The Labute approximate surface area is 127 Å². The molecule has 0 radical (unpaired) electrons. The van der Waals surface area contributed by atoms with E-state index in [1.54, 1.807) is 23.5 Å². The molecule has 0 spiro atoms. The summed E-state index contributed by atoms with van der Waals surface area (Å²) in [4.78, 5) is 5.61. The van der Waals surface area contributed by atoms with Gasteiger partial charge in [-0.25, -0.2) is 0 Å². The first kappa shape index (κ1) is 13.6. The van der Waals surface area contributed by atoms with E-state index in [2.05, 4.69) is 58.4 Å². The largest absolute Gasteiger partial charge is 0.307 e. The van der Waals surface area contributed by atoms with E-state index in [4.69, 9.17) is 0 Å². The summed E-state index contributed by atoms with van der Waals surface area (Å²) in [6.45, 7) is 0. The van der Waals surface area contributed by atoms with Crippen LogP contribution in [0.4, 0.5) is 0 Å². The topological polar surface area (TPSA) is 17.3 Å². The number of hydrogen-bond acceptors (Lipinski definition) is 3. The van der Waals surface area contributed by atoms with Crippen LogP contribution in [0.5, 0.6) is 0 Å². The molecule has 0 saturated heterocycles. The molecule has 0 fully saturated rings. The van der Waals surface area contributed by atoms with Crippen molar-refractivity contribution in [3.05, 3.63) is 60.0 Å². The Morgan fingerprint density at radius 2 is 1.90 bits per heavy atom. The lowest BCUT2D eigenvalue weighted by atomic mass is 10.1. The normalized spacial score (nSPS) is 11.1. The predicted octanol–water partition coefficient (Wildman–Crippen LogP) is 4.37. The molecule has 0 unspecified atom stereocenters. The van der Waals surface area contributed by atoms with Gasteiger partial charge in [0.05, 0.1) is 16.7 Å². The van der Waals surface area contributed by atoms with E-state index in [1.165, 1.54) is 26.6 Å². The van der Waals surface area contributed by atoms with Crippen molar-refractivity contribution >= 4 is 29.0 Å². The van der Waals surface area contributed by atoms with Crippen molar-refractivity contribution in [1.82, 2.24) is 9.38 Å². The summed E-state index contributed by atoms with van der Waals surface area (Å²) in [5.41, 5.74) is 3.96. The van der Waals surface area contributed by atoms with Crippen molar-refractivity contribution in [2.75, 3.05) is 12.5 Å². The lowest BCUT2D eigenvalue weighted by Gasteiger charge is -2.05. The molecule has 0 bridgehead atoms. The lowest BCUT2D eigenvalue weighted by Crippen LogP contribution is -1.91. The molecule has 20 heavy (non-hydrogen) atoms. The highest BCUT2D eigenvalue weighted by Gasteiger charge is 2.17. The average molecular weight is 300 g/mol. The first-order valence-corrected chi connectivity index (χ1v) is 8.89. The highest BCUT2D eigenvalue weighted by Crippen LogP contribution is 2.36. The van der Waals surface area contributed by atoms with E-state index in [-0.39, 0.29) is 0 Å². The highest BCUT2D eigenvalue weighted by atomic mass is 32.2. The molecule has 0 aliphatic heterocycles. The molecule has 2 aromatic heterocycles. The summed E-state index contributed by atoms with van der Waals surface area (Å²) in [6.07, 6.45) is 11.1. The van der Waals surface area contributed by atoms with E-state index in [1.807, 2.05) is 12.4 Å². The van der Waals surface area contributed by atoms with Crippen LogP contribution in [0.1, 0.15) is 11.1 Å². The molecule has 0 aliphatic rings. The fraction of sp³-hybridized carbons (Fsp3) is 0.188. The summed E-state index contributed by atoms with van der Waals surface area (Å²) < 4.78 is 2.25. The fourth-order valence-electron chi connectivity index (χ4n) is 2.51. The zero-order valence-electron chi connectivity index (χ0n) is 11.5. The summed E-state index contributed by atoms with van der Waals surface area (Å²) in [6, 6.07) is 10.6. The minimum atomic E-state index is 0.967. The van der Waals surface area contributed by atoms with Crippen LogP contribution in [0, 0.1) is 0 Å².